The third kappa shape index (κ3) is 4.64. The topological polar surface area (TPSA) is 70.8 Å². The first kappa shape index (κ1) is 22.4. The molecule has 1 fully saturated rings. The van der Waals surface area contributed by atoms with Gasteiger partial charge in [-0.1, -0.05) is 78.9 Å². The van der Waals surface area contributed by atoms with Crippen LogP contribution in [0.15, 0.2) is 71.5 Å². The maximum Gasteiger partial charge on any atom is 0.275 e. The van der Waals surface area contributed by atoms with Gasteiger partial charge in [0, 0.05) is 44.4 Å². The van der Waals surface area contributed by atoms with Gasteiger partial charge in [0.1, 0.15) is 5.01 Å². The lowest BCUT2D eigenvalue weighted by atomic mass is 9.95. The minimum Gasteiger partial charge on any atom is -0.340 e. The third-order valence-electron chi connectivity index (χ3n) is 6.30. The monoisotopic (exact) mass is 473 g/mol. The van der Waals surface area contributed by atoms with Gasteiger partial charge in [0.15, 0.2) is 0 Å². The van der Waals surface area contributed by atoms with Crippen LogP contribution in [-0.4, -0.2) is 56.5 Å². The number of rotatable bonds is 6. The molecule has 7 nitrogen and oxygen atoms in total. The van der Waals surface area contributed by atoms with Gasteiger partial charge in [0.2, 0.25) is 10.9 Å². The molecule has 3 heterocycles. The molecule has 2 aromatic carbocycles. The van der Waals surface area contributed by atoms with Gasteiger partial charge in [-0.15, -0.1) is 0 Å². The standard InChI is InChI=1S/C26H27N5O2S/c1-2-22(19-9-5-3-6-10-19)25(33)30-15-13-29(14-16-30)18-21-17-23(32)31-26(27-21)34-24(28-31)20-11-7-4-8-12-20/h3-12,17,22H,2,13-16,18H2,1H3/t22-/m0/s1. The molecule has 34 heavy (non-hydrogen) atoms. The summed E-state index contributed by atoms with van der Waals surface area (Å²) in [6.07, 6.45) is 0.788. The number of aromatic nitrogens is 3. The lowest BCUT2D eigenvalue weighted by Crippen LogP contribution is -2.49. The van der Waals surface area contributed by atoms with Crippen LogP contribution in [0.5, 0.6) is 0 Å². The van der Waals surface area contributed by atoms with E-state index >= 15 is 0 Å². The largest absolute Gasteiger partial charge is 0.340 e. The predicted octanol–water partition coefficient (Wildman–Crippen LogP) is 3.66. The van der Waals surface area contributed by atoms with Crippen molar-refractivity contribution in [2.75, 3.05) is 26.2 Å². The van der Waals surface area contributed by atoms with Gasteiger partial charge in [-0.05, 0) is 12.0 Å². The smallest absolute Gasteiger partial charge is 0.275 e. The number of nitrogens with zero attached hydrogens (tertiary/aromatic N) is 5. The normalized spacial score (nSPS) is 15.5. The molecular formula is C26H27N5O2S. The average Bonchev–Trinajstić information content (AvgIpc) is 3.31. The molecule has 0 saturated carbocycles. The molecule has 2 aromatic heterocycles. The molecule has 1 aliphatic heterocycles. The second kappa shape index (κ2) is 9.87. The van der Waals surface area contributed by atoms with Gasteiger partial charge in [-0.2, -0.15) is 9.61 Å². The Hall–Kier alpha value is -3.36. The fourth-order valence-corrected chi connectivity index (χ4v) is 5.38. The van der Waals surface area contributed by atoms with Crippen molar-refractivity contribution in [2.24, 2.45) is 0 Å². The average molecular weight is 474 g/mol. The number of carbonyl (C=O) groups is 1. The lowest BCUT2D eigenvalue weighted by Gasteiger charge is -2.36. The van der Waals surface area contributed by atoms with Crippen molar-refractivity contribution in [1.82, 2.24) is 24.4 Å². The molecule has 1 atom stereocenters. The van der Waals surface area contributed by atoms with E-state index in [0.717, 1.165) is 41.3 Å². The van der Waals surface area contributed by atoms with Crippen LogP contribution in [0.1, 0.15) is 30.5 Å². The zero-order valence-electron chi connectivity index (χ0n) is 19.1. The van der Waals surface area contributed by atoms with Crippen molar-refractivity contribution in [2.45, 2.75) is 25.8 Å². The molecule has 4 aromatic rings. The van der Waals surface area contributed by atoms with Crippen molar-refractivity contribution >= 4 is 22.2 Å². The SMILES string of the molecule is CC[C@H](C(=O)N1CCN(Cc2cc(=O)n3nc(-c4ccccc4)sc3n2)CC1)c1ccccc1. The van der Waals surface area contributed by atoms with Crippen molar-refractivity contribution in [1.29, 1.82) is 0 Å². The molecule has 8 heteroatoms. The summed E-state index contributed by atoms with van der Waals surface area (Å²) in [5.74, 6) is 0.103. The first-order valence-electron chi connectivity index (χ1n) is 11.6. The quantitative estimate of drug-likeness (QED) is 0.428. The Morgan fingerprint density at radius 3 is 2.35 bits per heavy atom. The number of carbonyl (C=O) groups excluding carboxylic acids is 1. The first-order chi connectivity index (χ1) is 16.6. The number of hydrogen-bond donors (Lipinski definition) is 0. The van der Waals surface area contributed by atoms with E-state index in [1.165, 1.54) is 15.9 Å². The second-order valence-corrected chi connectivity index (χ2v) is 9.48. The Balaban J connectivity index is 1.25. The summed E-state index contributed by atoms with van der Waals surface area (Å²) in [5, 5.41) is 5.23. The molecule has 5 rings (SSSR count). The van der Waals surface area contributed by atoms with Crippen LogP contribution in [0.25, 0.3) is 15.5 Å². The number of benzene rings is 2. The molecule has 1 aliphatic rings. The summed E-state index contributed by atoms with van der Waals surface area (Å²) in [6.45, 7) is 5.53. The van der Waals surface area contributed by atoms with Gasteiger partial charge >= 0.3 is 0 Å². The first-order valence-corrected chi connectivity index (χ1v) is 12.5. The van der Waals surface area contributed by atoms with Crippen LogP contribution < -0.4 is 5.56 Å². The minimum atomic E-state index is -0.166. The number of fused-ring (bicyclic) bond motifs is 1. The van der Waals surface area contributed by atoms with Crippen molar-refractivity contribution in [3.8, 4) is 10.6 Å². The van der Waals surface area contributed by atoms with E-state index in [4.69, 9.17) is 4.98 Å². The van der Waals surface area contributed by atoms with Crippen LogP contribution in [0.4, 0.5) is 0 Å². The molecule has 0 radical (unpaired) electrons. The molecule has 1 saturated heterocycles. The van der Waals surface area contributed by atoms with Crippen molar-refractivity contribution in [3.05, 3.63) is 88.3 Å². The van der Waals surface area contributed by atoms with Crippen LogP contribution >= 0.6 is 11.3 Å². The molecule has 174 valence electrons. The highest BCUT2D eigenvalue weighted by atomic mass is 32.1. The third-order valence-corrected chi connectivity index (χ3v) is 7.25. The Kier molecular flexibility index (Phi) is 6.51. The molecule has 0 spiro atoms. The fraction of sp³-hybridized carbons (Fsp3) is 0.308. The summed E-state index contributed by atoms with van der Waals surface area (Å²) >= 11 is 1.42. The van der Waals surface area contributed by atoms with E-state index in [1.807, 2.05) is 65.6 Å². The highest BCUT2D eigenvalue weighted by molar-refractivity contribution is 7.19. The minimum absolute atomic E-state index is 0.0954. The molecular weight excluding hydrogens is 446 g/mol. The summed E-state index contributed by atoms with van der Waals surface area (Å²) in [4.78, 5) is 35.4. The van der Waals surface area contributed by atoms with Crippen LogP contribution in [-0.2, 0) is 11.3 Å². The van der Waals surface area contributed by atoms with E-state index in [0.29, 0.717) is 24.6 Å². The molecule has 0 N–H and O–H groups in total. The van der Waals surface area contributed by atoms with Crippen molar-refractivity contribution < 1.29 is 4.79 Å². The second-order valence-electron chi connectivity index (χ2n) is 8.53. The van der Waals surface area contributed by atoms with E-state index in [1.54, 1.807) is 6.07 Å². The zero-order chi connectivity index (χ0) is 23.5. The van der Waals surface area contributed by atoms with E-state index in [2.05, 4.69) is 16.9 Å². The maximum absolute atomic E-state index is 13.2. The number of amides is 1. The Morgan fingerprint density at radius 1 is 1.00 bits per heavy atom. The predicted molar refractivity (Wildman–Crippen MR) is 134 cm³/mol. The number of piperazine rings is 1. The van der Waals surface area contributed by atoms with Gasteiger partial charge in [0.25, 0.3) is 5.56 Å². The highest BCUT2D eigenvalue weighted by Gasteiger charge is 2.27. The van der Waals surface area contributed by atoms with E-state index < -0.39 is 0 Å². The molecule has 1 amide bonds. The Labute approximate surface area is 202 Å². The van der Waals surface area contributed by atoms with Crippen LogP contribution in [0, 0.1) is 0 Å². The summed E-state index contributed by atoms with van der Waals surface area (Å²) in [6, 6.07) is 21.4. The van der Waals surface area contributed by atoms with Crippen molar-refractivity contribution in [3.63, 3.8) is 0 Å². The fourth-order valence-electron chi connectivity index (χ4n) is 4.45. The number of hydrogen-bond acceptors (Lipinski definition) is 6. The van der Waals surface area contributed by atoms with Gasteiger partial charge in [-0.3, -0.25) is 14.5 Å². The summed E-state index contributed by atoms with van der Waals surface area (Å²) in [7, 11) is 0. The zero-order valence-corrected chi connectivity index (χ0v) is 19.9. The maximum atomic E-state index is 13.2. The lowest BCUT2D eigenvalue weighted by molar-refractivity contribution is -0.134. The summed E-state index contributed by atoms with van der Waals surface area (Å²) < 4.78 is 1.38. The molecule has 0 aliphatic carbocycles. The van der Waals surface area contributed by atoms with Crippen LogP contribution in [0.2, 0.25) is 0 Å². The molecule has 0 unspecified atom stereocenters. The Bertz CT molecular complexity index is 1330. The van der Waals surface area contributed by atoms with Gasteiger partial charge in [0.05, 0.1) is 11.6 Å². The van der Waals surface area contributed by atoms with Gasteiger partial charge in [-0.25, -0.2) is 4.98 Å². The molecule has 0 bridgehead atoms. The van der Waals surface area contributed by atoms with E-state index in [9.17, 15) is 9.59 Å². The van der Waals surface area contributed by atoms with E-state index in [-0.39, 0.29) is 17.4 Å². The van der Waals surface area contributed by atoms with Gasteiger partial charge < -0.3 is 4.90 Å². The highest BCUT2D eigenvalue weighted by Crippen LogP contribution is 2.25. The Morgan fingerprint density at radius 2 is 1.68 bits per heavy atom. The summed E-state index contributed by atoms with van der Waals surface area (Å²) in [5.41, 5.74) is 2.63. The van der Waals surface area contributed by atoms with Crippen LogP contribution in [0.3, 0.4) is 0 Å².